The van der Waals surface area contributed by atoms with Gasteiger partial charge in [-0.1, -0.05) is 42.6 Å². The van der Waals surface area contributed by atoms with Crippen LogP contribution in [0.15, 0.2) is 42.7 Å². The summed E-state index contributed by atoms with van der Waals surface area (Å²) in [7, 11) is 0. The van der Waals surface area contributed by atoms with Crippen molar-refractivity contribution < 1.29 is 4.79 Å². The van der Waals surface area contributed by atoms with Crippen LogP contribution in [0.4, 0.5) is 5.13 Å². The molecule has 3 rings (SSSR count). The second-order valence-corrected chi connectivity index (χ2v) is 7.26. The molecule has 0 saturated heterocycles. The zero-order valence-electron chi connectivity index (χ0n) is 13.4. The maximum Gasteiger partial charge on any atom is 0.257 e. The molecule has 0 aliphatic carbocycles. The summed E-state index contributed by atoms with van der Waals surface area (Å²) >= 11 is 13.6. The molecule has 7 heteroatoms. The van der Waals surface area contributed by atoms with Gasteiger partial charge >= 0.3 is 0 Å². The van der Waals surface area contributed by atoms with E-state index in [4.69, 9.17) is 23.2 Å². The van der Waals surface area contributed by atoms with Crippen LogP contribution in [-0.2, 0) is 6.42 Å². The van der Waals surface area contributed by atoms with Gasteiger partial charge in [0.1, 0.15) is 0 Å². The highest BCUT2D eigenvalue weighted by Crippen LogP contribution is 2.35. The number of halogens is 2. The molecule has 3 aromatic rings. The van der Waals surface area contributed by atoms with Crippen molar-refractivity contribution in [2.24, 2.45) is 0 Å². The summed E-state index contributed by atoms with van der Waals surface area (Å²) < 4.78 is 0. The Kier molecular flexibility index (Phi) is 5.68. The van der Waals surface area contributed by atoms with Crippen LogP contribution in [0.2, 0.25) is 10.0 Å². The molecule has 1 amide bonds. The fraction of sp³-hybridized carbons (Fsp3) is 0.167. The number of hydrogen-bond donors (Lipinski definition) is 1. The molecule has 0 bridgehead atoms. The van der Waals surface area contributed by atoms with Crippen molar-refractivity contribution in [3.05, 3.63) is 63.2 Å². The Hall–Kier alpha value is -1.95. The van der Waals surface area contributed by atoms with Crippen LogP contribution in [-0.4, -0.2) is 15.9 Å². The van der Waals surface area contributed by atoms with E-state index in [1.165, 1.54) is 11.3 Å². The molecule has 0 saturated carbocycles. The van der Waals surface area contributed by atoms with E-state index in [9.17, 15) is 4.79 Å². The van der Waals surface area contributed by atoms with Gasteiger partial charge in [-0.25, -0.2) is 4.98 Å². The standard InChI is InChI=1S/C18H15Cl2N3OS/c1-2-3-15-16(12-4-5-13(19)14(20)10-12)22-18(25-15)23-17(24)11-6-8-21-9-7-11/h4-10H,2-3H2,1H3,(H,22,23,24). The van der Waals surface area contributed by atoms with Gasteiger partial charge in [-0.15, -0.1) is 11.3 Å². The van der Waals surface area contributed by atoms with E-state index in [2.05, 4.69) is 22.2 Å². The highest BCUT2D eigenvalue weighted by atomic mass is 35.5. The Balaban J connectivity index is 1.91. The monoisotopic (exact) mass is 391 g/mol. The number of aryl methyl sites for hydroxylation is 1. The van der Waals surface area contributed by atoms with Crippen LogP contribution in [0.5, 0.6) is 0 Å². The molecule has 0 atom stereocenters. The van der Waals surface area contributed by atoms with Crippen LogP contribution < -0.4 is 5.32 Å². The summed E-state index contributed by atoms with van der Waals surface area (Å²) in [5.74, 6) is -0.208. The number of hydrogen-bond acceptors (Lipinski definition) is 4. The normalized spacial score (nSPS) is 10.7. The lowest BCUT2D eigenvalue weighted by Crippen LogP contribution is -2.11. The molecule has 1 aromatic carbocycles. The number of thiazole rings is 1. The van der Waals surface area contributed by atoms with E-state index in [-0.39, 0.29) is 5.91 Å². The molecule has 2 aromatic heterocycles. The molecule has 4 nitrogen and oxygen atoms in total. The molecule has 0 spiro atoms. The van der Waals surface area contributed by atoms with Gasteiger partial charge in [0.05, 0.1) is 15.7 Å². The van der Waals surface area contributed by atoms with Gasteiger partial charge in [0.25, 0.3) is 5.91 Å². The minimum absolute atomic E-state index is 0.208. The molecule has 128 valence electrons. The first-order valence-electron chi connectivity index (χ1n) is 7.75. The molecule has 25 heavy (non-hydrogen) atoms. The van der Waals surface area contributed by atoms with Crippen molar-refractivity contribution in [1.29, 1.82) is 0 Å². The summed E-state index contributed by atoms with van der Waals surface area (Å²) in [6, 6.07) is 8.76. The summed E-state index contributed by atoms with van der Waals surface area (Å²) in [4.78, 5) is 21.9. The second kappa shape index (κ2) is 7.95. The SMILES string of the molecule is CCCc1sc(NC(=O)c2ccncc2)nc1-c1ccc(Cl)c(Cl)c1. The molecule has 1 N–H and O–H groups in total. The van der Waals surface area contributed by atoms with Gasteiger partial charge in [0.15, 0.2) is 5.13 Å². The lowest BCUT2D eigenvalue weighted by molar-refractivity contribution is 0.102. The van der Waals surface area contributed by atoms with Gasteiger partial charge in [-0.2, -0.15) is 0 Å². The predicted octanol–water partition coefficient (Wildman–Crippen LogP) is 5.72. The van der Waals surface area contributed by atoms with Gasteiger partial charge in [0.2, 0.25) is 0 Å². The average molecular weight is 392 g/mol. The first kappa shape index (κ1) is 17.9. The number of carbonyl (C=O) groups is 1. The fourth-order valence-electron chi connectivity index (χ4n) is 2.34. The molecule has 0 aliphatic heterocycles. The zero-order chi connectivity index (χ0) is 17.8. The first-order valence-corrected chi connectivity index (χ1v) is 9.32. The Morgan fingerprint density at radius 1 is 1.16 bits per heavy atom. The van der Waals surface area contributed by atoms with Gasteiger partial charge in [-0.3, -0.25) is 15.1 Å². The molecular weight excluding hydrogens is 377 g/mol. The van der Waals surface area contributed by atoms with E-state index in [1.54, 1.807) is 36.7 Å². The number of amides is 1. The Bertz CT molecular complexity index is 897. The molecule has 0 unspecified atom stereocenters. The van der Waals surface area contributed by atoms with Crippen molar-refractivity contribution in [2.75, 3.05) is 5.32 Å². The molecule has 0 aliphatic rings. The number of nitrogens with one attached hydrogen (secondary N) is 1. The minimum atomic E-state index is -0.208. The highest BCUT2D eigenvalue weighted by Gasteiger charge is 2.16. The van der Waals surface area contributed by atoms with E-state index >= 15 is 0 Å². The summed E-state index contributed by atoms with van der Waals surface area (Å²) in [6.45, 7) is 2.10. The van der Waals surface area contributed by atoms with E-state index < -0.39 is 0 Å². The van der Waals surface area contributed by atoms with Crippen molar-refractivity contribution in [3.8, 4) is 11.3 Å². The molecule has 0 fully saturated rings. The minimum Gasteiger partial charge on any atom is -0.298 e. The second-order valence-electron chi connectivity index (χ2n) is 5.36. The zero-order valence-corrected chi connectivity index (χ0v) is 15.8. The number of aromatic nitrogens is 2. The first-order chi connectivity index (χ1) is 12.1. The van der Waals surface area contributed by atoms with Gasteiger partial charge < -0.3 is 0 Å². The summed E-state index contributed by atoms with van der Waals surface area (Å²) in [5.41, 5.74) is 2.26. The predicted molar refractivity (Wildman–Crippen MR) is 104 cm³/mol. The fourth-order valence-corrected chi connectivity index (χ4v) is 3.72. The molecular formula is C18H15Cl2N3OS. The van der Waals surface area contributed by atoms with Crippen molar-refractivity contribution >= 4 is 45.6 Å². The average Bonchev–Trinajstić information content (AvgIpc) is 3.01. The Labute approximate surface area is 159 Å². The van der Waals surface area contributed by atoms with Gasteiger partial charge in [-0.05, 0) is 30.7 Å². The lowest BCUT2D eigenvalue weighted by Gasteiger charge is -2.03. The van der Waals surface area contributed by atoms with Crippen LogP contribution in [0.25, 0.3) is 11.3 Å². The van der Waals surface area contributed by atoms with Crippen LogP contribution in [0.1, 0.15) is 28.6 Å². The summed E-state index contributed by atoms with van der Waals surface area (Å²) in [5, 5.41) is 4.40. The maximum absolute atomic E-state index is 12.3. The van der Waals surface area contributed by atoms with Crippen molar-refractivity contribution in [2.45, 2.75) is 19.8 Å². The third kappa shape index (κ3) is 4.18. The summed E-state index contributed by atoms with van der Waals surface area (Å²) in [6.07, 6.45) is 5.02. The number of anilines is 1. The third-order valence-corrected chi connectivity index (χ3v) is 5.30. The highest BCUT2D eigenvalue weighted by molar-refractivity contribution is 7.16. The number of carbonyl (C=O) groups excluding carboxylic acids is 1. The quantitative estimate of drug-likeness (QED) is 0.605. The van der Waals surface area contributed by atoms with Crippen LogP contribution in [0, 0.1) is 0 Å². The van der Waals surface area contributed by atoms with E-state index in [0.29, 0.717) is 20.7 Å². The largest absolute Gasteiger partial charge is 0.298 e. The molecule has 0 radical (unpaired) electrons. The van der Waals surface area contributed by atoms with E-state index in [0.717, 1.165) is 29.0 Å². The van der Waals surface area contributed by atoms with Crippen LogP contribution in [0.3, 0.4) is 0 Å². The van der Waals surface area contributed by atoms with Crippen molar-refractivity contribution in [1.82, 2.24) is 9.97 Å². The smallest absolute Gasteiger partial charge is 0.257 e. The third-order valence-electron chi connectivity index (χ3n) is 3.53. The number of rotatable bonds is 5. The van der Waals surface area contributed by atoms with Crippen molar-refractivity contribution in [3.63, 3.8) is 0 Å². The number of nitrogens with zero attached hydrogens (tertiary/aromatic N) is 2. The van der Waals surface area contributed by atoms with Gasteiger partial charge in [0, 0.05) is 28.4 Å². The van der Waals surface area contributed by atoms with Crippen LogP contribution >= 0.6 is 34.5 Å². The van der Waals surface area contributed by atoms with E-state index in [1.807, 2.05) is 6.07 Å². The maximum atomic E-state index is 12.3. The topological polar surface area (TPSA) is 54.9 Å². The Morgan fingerprint density at radius 2 is 1.92 bits per heavy atom. The number of benzene rings is 1. The molecule has 2 heterocycles. The number of pyridine rings is 1. The lowest BCUT2D eigenvalue weighted by atomic mass is 10.1. The Morgan fingerprint density at radius 3 is 2.60 bits per heavy atom.